The largest absolute Gasteiger partial charge is 0.318 e. The minimum absolute atomic E-state index is 0.0994. The maximum Gasteiger partial charge on any atom is 0.280 e. The molecule has 1 saturated carbocycles. The third kappa shape index (κ3) is 4.65. The van der Waals surface area contributed by atoms with Gasteiger partial charge in [-0.25, -0.2) is 0 Å². The van der Waals surface area contributed by atoms with Gasteiger partial charge in [0.1, 0.15) is 0 Å². The minimum atomic E-state index is -3.36. The van der Waals surface area contributed by atoms with Crippen molar-refractivity contribution in [2.24, 2.45) is 5.92 Å². The van der Waals surface area contributed by atoms with Crippen molar-refractivity contribution in [1.29, 1.82) is 0 Å². The summed E-state index contributed by atoms with van der Waals surface area (Å²) in [4.78, 5) is 0. The van der Waals surface area contributed by atoms with Crippen molar-refractivity contribution in [3.05, 3.63) is 0 Å². The Labute approximate surface area is 130 Å². The Bertz CT molecular complexity index is 411. The number of likely N-dealkylation sites (N-methyl/N-ethyl adjacent to an activating group) is 1. The molecular weight excluding hydrogens is 286 g/mol. The lowest BCUT2D eigenvalue weighted by atomic mass is 9.98. The summed E-state index contributed by atoms with van der Waals surface area (Å²) in [6.07, 6.45) is 8.76. The van der Waals surface area contributed by atoms with E-state index in [1.807, 2.05) is 7.05 Å². The van der Waals surface area contributed by atoms with Crippen molar-refractivity contribution in [3.8, 4) is 0 Å². The van der Waals surface area contributed by atoms with Crippen molar-refractivity contribution in [3.63, 3.8) is 0 Å². The normalized spacial score (nSPS) is 32.8. The first kappa shape index (κ1) is 17.2. The Kier molecular flexibility index (Phi) is 6.47. The van der Waals surface area contributed by atoms with Gasteiger partial charge in [0, 0.05) is 25.2 Å². The highest BCUT2D eigenvalue weighted by Gasteiger charge is 2.34. The summed E-state index contributed by atoms with van der Waals surface area (Å²) in [7, 11) is -1.47. The van der Waals surface area contributed by atoms with Crippen LogP contribution in [0.1, 0.15) is 58.3 Å². The molecule has 1 aliphatic heterocycles. The molecule has 2 rings (SSSR count). The second kappa shape index (κ2) is 7.90. The fourth-order valence-corrected chi connectivity index (χ4v) is 5.47. The van der Waals surface area contributed by atoms with Crippen LogP contribution in [0.5, 0.6) is 0 Å². The smallest absolute Gasteiger partial charge is 0.280 e. The van der Waals surface area contributed by atoms with Gasteiger partial charge in [0.2, 0.25) is 0 Å². The predicted molar refractivity (Wildman–Crippen MR) is 86.4 cm³/mol. The molecule has 21 heavy (non-hydrogen) atoms. The topological polar surface area (TPSA) is 61.4 Å². The Morgan fingerprint density at radius 2 is 1.76 bits per heavy atom. The summed E-state index contributed by atoms with van der Waals surface area (Å²) < 4.78 is 30.3. The Hall–Kier alpha value is -0.170. The lowest BCUT2D eigenvalue weighted by molar-refractivity contribution is 0.242. The number of nitrogens with one attached hydrogen (secondary N) is 2. The average Bonchev–Trinajstić information content (AvgIpc) is 2.65. The van der Waals surface area contributed by atoms with Gasteiger partial charge >= 0.3 is 0 Å². The second-order valence-corrected chi connectivity index (χ2v) is 8.32. The molecule has 0 radical (unpaired) electrons. The van der Waals surface area contributed by atoms with E-state index in [0.717, 1.165) is 45.1 Å². The summed E-state index contributed by atoms with van der Waals surface area (Å²) in [6, 6.07) is 0.206. The van der Waals surface area contributed by atoms with E-state index < -0.39 is 10.2 Å². The van der Waals surface area contributed by atoms with Crippen molar-refractivity contribution in [2.45, 2.75) is 70.4 Å². The maximum absolute atomic E-state index is 12.8. The zero-order chi connectivity index (χ0) is 15.3. The molecule has 1 aliphatic carbocycles. The first-order chi connectivity index (χ1) is 10.0. The van der Waals surface area contributed by atoms with Crippen molar-refractivity contribution < 1.29 is 8.42 Å². The number of hydrogen-bond donors (Lipinski definition) is 2. The van der Waals surface area contributed by atoms with E-state index in [1.54, 1.807) is 4.31 Å². The van der Waals surface area contributed by atoms with Crippen LogP contribution >= 0.6 is 0 Å². The predicted octanol–water partition coefficient (Wildman–Crippen LogP) is 1.86. The van der Waals surface area contributed by atoms with Crippen LogP contribution in [0.4, 0.5) is 0 Å². The fourth-order valence-electron chi connectivity index (χ4n) is 3.66. The van der Waals surface area contributed by atoms with E-state index in [2.05, 4.69) is 17.0 Å². The van der Waals surface area contributed by atoms with Crippen molar-refractivity contribution >= 4 is 10.2 Å². The van der Waals surface area contributed by atoms with Crippen LogP contribution in [0.3, 0.4) is 0 Å². The van der Waals surface area contributed by atoms with Crippen molar-refractivity contribution in [2.75, 3.05) is 20.1 Å². The van der Waals surface area contributed by atoms with Crippen LogP contribution in [-0.2, 0) is 10.2 Å². The highest BCUT2D eigenvalue weighted by molar-refractivity contribution is 7.87. The molecule has 124 valence electrons. The second-order valence-electron chi connectivity index (χ2n) is 6.66. The molecule has 3 atom stereocenters. The molecule has 6 heteroatoms. The molecule has 0 amide bonds. The van der Waals surface area contributed by atoms with Gasteiger partial charge in [0.05, 0.1) is 0 Å². The molecule has 5 nitrogen and oxygen atoms in total. The van der Waals surface area contributed by atoms with E-state index in [4.69, 9.17) is 0 Å². The Morgan fingerprint density at radius 1 is 1.05 bits per heavy atom. The average molecular weight is 317 g/mol. The van der Waals surface area contributed by atoms with Gasteiger partial charge in [-0.15, -0.1) is 0 Å². The highest BCUT2D eigenvalue weighted by atomic mass is 32.2. The van der Waals surface area contributed by atoms with Crippen LogP contribution < -0.4 is 10.0 Å². The van der Waals surface area contributed by atoms with E-state index in [1.165, 1.54) is 12.8 Å². The standard InChI is InChI=1S/C15H31N3O2S/c1-13-8-4-3-5-10-15(13)17-21(19,20)18-11-7-6-9-14(18)12-16-2/h13-17H,3-12H2,1-2H3. The molecule has 1 heterocycles. The molecular formula is C15H31N3O2S. The zero-order valence-electron chi connectivity index (χ0n) is 13.5. The van der Waals surface area contributed by atoms with E-state index in [9.17, 15) is 8.42 Å². The number of piperidine rings is 1. The number of nitrogens with zero attached hydrogens (tertiary/aromatic N) is 1. The van der Waals surface area contributed by atoms with E-state index in [-0.39, 0.29) is 12.1 Å². The van der Waals surface area contributed by atoms with Crippen LogP contribution in [0.2, 0.25) is 0 Å². The molecule has 0 aromatic carbocycles. The molecule has 2 N–H and O–H groups in total. The lowest BCUT2D eigenvalue weighted by Gasteiger charge is -2.36. The lowest BCUT2D eigenvalue weighted by Crippen LogP contribution is -2.54. The van der Waals surface area contributed by atoms with E-state index in [0.29, 0.717) is 12.5 Å². The number of rotatable bonds is 5. The summed E-state index contributed by atoms with van der Waals surface area (Å²) in [5.41, 5.74) is 0. The summed E-state index contributed by atoms with van der Waals surface area (Å²) >= 11 is 0. The Morgan fingerprint density at radius 3 is 2.52 bits per heavy atom. The van der Waals surface area contributed by atoms with Crippen LogP contribution in [0.15, 0.2) is 0 Å². The van der Waals surface area contributed by atoms with Gasteiger partial charge in [0.15, 0.2) is 0 Å². The van der Waals surface area contributed by atoms with Gasteiger partial charge in [-0.1, -0.05) is 32.6 Å². The molecule has 2 fully saturated rings. The third-order valence-corrected chi connectivity index (χ3v) is 6.68. The molecule has 0 spiro atoms. The monoisotopic (exact) mass is 317 g/mol. The summed E-state index contributed by atoms with van der Waals surface area (Å²) in [5.74, 6) is 0.440. The minimum Gasteiger partial charge on any atom is -0.318 e. The SMILES string of the molecule is CNCC1CCCCN1S(=O)(=O)NC1CCCCCC1C. The van der Waals surface area contributed by atoms with Gasteiger partial charge in [0.25, 0.3) is 10.2 Å². The molecule has 2 aliphatic rings. The summed E-state index contributed by atoms with van der Waals surface area (Å²) in [5, 5.41) is 3.13. The molecule has 0 aromatic rings. The first-order valence-electron chi connectivity index (χ1n) is 8.48. The number of hydrogen-bond acceptors (Lipinski definition) is 3. The van der Waals surface area contributed by atoms with Crippen LogP contribution in [-0.4, -0.2) is 44.9 Å². The van der Waals surface area contributed by atoms with Gasteiger partial charge in [-0.05, 0) is 38.6 Å². The maximum atomic E-state index is 12.8. The van der Waals surface area contributed by atoms with Crippen LogP contribution in [0.25, 0.3) is 0 Å². The van der Waals surface area contributed by atoms with E-state index >= 15 is 0 Å². The molecule has 3 unspecified atom stereocenters. The van der Waals surface area contributed by atoms with Gasteiger partial charge < -0.3 is 5.32 Å². The highest BCUT2D eigenvalue weighted by Crippen LogP contribution is 2.25. The first-order valence-corrected chi connectivity index (χ1v) is 9.92. The van der Waals surface area contributed by atoms with Gasteiger partial charge in [-0.2, -0.15) is 17.4 Å². The molecule has 0 aromatic heterocycles. The molecule has 0 bridgehead atoms. The van der Waals surface area contributed by atoms with Gasteiger partial charge in [-0.3, -0.25) is 0 Å². The molecule has 1 saturated heterocycles. The van der Waals surface area contributed by atoms with Crippen molar-refractivity contribution in [1.82, 2.24) is 14.3 Å². The summed E-state index contributed by atoms with van der Waals surface area (Å²) in [6.45, 7) is 3.57. The quantitative estimate of drug-likeness (QED) is 0.761. The zero-order valence-corrected chi connectivity index (χ0v) is 14.3. The third-order valence-electron chi connectivity index (χ3n) is 4.98. The van der Waals surface area contributed by atoms with Crippen LogP contribution in [0, 0.1) is 5.92 Å². The Balaban J connectivity index is 2.04. The fraction of sp³-hybridized carbons (Fsp3) is 1.00.